The van der Waals surface area contributed by atoms with E-state index >= 15 is 0 Å². The molecule has 1 heteroatoms. The van der Waals surface area contributed by atoms with Crippen molar-refractivity contribution in [2.45, 2.75) is 45.6 Å². The first-order valence-electron chi connectivity index (χ1n) is 6.54. The first-order valence-corrected chi connectivity index (χ1v) is 6.54. The fourth-order valence-electron chi connectivity index (χ4n) is 2.78. The molecule has 0 aliphatic heterocycles. The number of hydrogen-bond donors (Lipinski definition) is 1. The number of aryl methyl sites for hydroxylation is 1. The van der Waals surface area contributed by atoms with Crippen molar-refractivity contribution >= 4 is 0 Å². The van der Waals surface area contributed by atoms with Crippen molar-refractivity contribution in [3.05, 3.63) is 35.4 Å². The molecule has 16 heavy (non-hydrogen) atoms. The normalized spacial score (nSPS) is 29.6. The Hall–Kier alpha value is -0.820. The molecule has 1 aliphatic rings. The Morgan fingerprint density at radius 3 is 2.25 bits per heavy atom. The number of nitrogens with two attached hydrogens (primary N) is 1. The zero-order valence-electron chi connectivity index (χ0n) is 10.4. The Morgan fingerprint density at radius 1 is 1.12 bits per heavy atom. The zero-order valence-corrected chi connectivity index (χ0v) is 10.4. The van der Waals surface area contributed by atoms with Crippen LogP contribution < -0.4 is 5.73 Å². The first kappa shape index (κ1) is 11.7. The van der Waals surface area contributed by atoms with E-state index in [1.807, 2.05) is 0 Å². The summed E-state index contributed by atoms with van der Waals surface area (Å²) in [5, 5.41) is 0. The second-order valence-electron chi connectivity index (χ2n) is 5.23. The predicted octanol–water partition coefficient (Wildman–Crippen LogP) is 3.16. The third kappa shape index (κ3) is 2.46. The van der Waals surface area contributed by atoms with E-state index in [-0.39, 0.29) is 0 Å². The van der Waals surface area contributed by atoms with Gasteiger partial charge in [0.05, 0.1) is 0 Å². The summed E-state index contributed by atoms with van der Waals surface area (Å²) in [7, 11) is 0. The van der Waals surface area contributed by atoms with Crippen LogP contribution in [0.2, 0.25) is 0 Å². The molecule has 3 atom stereocenters. The highest BCUT2D eigenvalue weighted by Gasteiger charge is 2.29. The largest absolute Gasteiger partial charge is 0.327 e. The Balaban J connectivity index is 1.98. The highest BCUT2D eigenvalue weighted by atomic mass is 14.7. The minimum Gasteiger partial charge on any atom is -0.327 e. The summed E-state index contributed by atoms with van der Waals surface area (Å²) in [6, 6.07) is 9.52. The fraction of sp³-hybridized carbons (Fsp3) is 0.600. The molecule has 0 saturated heterocycles. The summed E-state index contributed by atoms with van der Waals surface area (Å²) >= 11 is 0. The van der Waals surface area contributed by atoms with Crippen molar-refractivity contribution < 1.29 is 0 Å². The second-order valence-corrected chi connectivity index (χ2v) is 5.23. The first-order chi connectivity index (χ1) is 7.70. The fourth-order valence-corrected chi connectivity index (χ4v) is 2.78. The Morgan fingerprint density at radius 2 is 1.75 bits per heavy atom. The van der Waals surface area contributed by atoms with Crippen LogP contribution in [0.15, 0.2) is 24.3 Å². The summed E-state index contributed by atoms with van der Waals surface area (Å²) in [4.78, 5) is 0. The van der Waals surface area contributed by atoms with Gasteiger partial charge in [-0.2, -0.15) is 0 Å². The van der Waals surface area contributed by atoms with Crippen LogP contribution in [0.5, 0.6) is 0 Å². The van der Waals surface area contributed by atoms with Crippen LogP contribution in [-0.2, 0) is 12.8 Å². The van der Waals surface area contributed by atoms with Crippen molar-refractivity contribution in [2.24, 2.45) is 17.6 Å². The van der Waals surface area contributed by atoms with E-state index in [4.69, 9.17) is 5.73 Å². The maximum absolute atomic E-state index is 6.07. The predicted molar refractivity (Wildman–Crippen MR) is 69.4 cm³/mol. The van der Waals surface area contributed by atoms with Crippen molar-refractivity contribution in [1.29, 1.82) is 0 Å². The number of benzene rings is 1. The molecule has 1 aromatic carbocycles. The van der Waals surface area contributed by atoms with Crippen LogP contribution in [0.1, 0.15) is 37.8 Å². The molecule has 0 amide bonds. The third-order valence-corrected chi connectivity index (χ3v) is 4.22. The highest BCUT2D eigenvalue weighted by molar-refractivity contribution is 5.23. The maximum atomic E-state index is 6.07. The summed E-state index contributed by atoms with van der Waals surface area (Å²) in [5.41, 5.74) is 8.97. The molecule has 0 bridgehead atoms. The van der Waals surface area contributed by atoms with Crippen molar-refractivity contribution in [3.63, 3.8) is 0 Å². The monoisotopic (exact) mass is 217 g/mol. The van der Waals surface area contributed by atoms with E-state index in [0.717, 1.165) is 12.3 Å². The lowest BCUT2D eigenvalue weighted by molar-refractivity contribution is 0.390. The Kier molecular flexibility index (Phi) is 3.65. The second kappa shape index (κ2) is 5.01. The Bertz CT molecular complexity index is 328. The minimum atomic E-state index is 0.430. The molecule has 0 heterocycles. The quantitative estimate of drug-likeness (QED) is 0.827. The summed E-state index contributed by atoms with van der Waals surface area (Å²) in [6.07, 6.45) is 4.85. The Labute approximate surface area is 99.0 Å². The summed E-state index contributed by atoms with van der Waals surface area (Å²) < 4.78 is 0. The number of rotatable bonds is 3. The minimum absolute atomic E-state index is 0.430. The standard InChI is InChI=1S/C15H23N/c1-3-12-4-6-13(7-5-12)10-14-8-9-15(16)11(14)2/h4-7,11,14-15H,3,8-10,16H2,1-2H3. The average Bonchev–Trinajstić information content (AvgIpc) is 2.62. The van der Waals surface area contributed by atoms with Gasteiger partial charge in [0.2, 0.25) is 0 Å². The molecular formula is C15H23N. The molecule has 1 aromatic rings. The van der Waals surface area contributed by atoms with Gasteiger partial charge in [-0.25, -0.2) is 0 Å². The van der Waals surface area contributed by atoms with Gasteiger partial charge < -0.3 is 5.73 Å². The summed E-state index contributed by atoms with van der Waals surface area (Å²) in [6.45, 7) is 4.51. The van der Waals surface area contributed by atoms with E-state index < -0.39 is 0 Å². The molecule has 0 aromatic heterocycles. The molecule has 1 saturated carbocycles. The molecule has 3 unspecified atom stereocenters. The molecule has 0 spiro atoms. The van der Waals surface area contributed by atoms with Crippen LogP contribution in [0.25, 0.3) is 0 Å². The summed E-state index contributed by atoms with van der Waals surface area (Å²) in [5.74, 6) is 1.48. The van der Waals surface area contributed by atoms with Gasteiger partial charge in [0.15, 0.2) is 0 Å². The van der Waals surface area contributed by atoms with Gasteiger partial charge in [0, 0.05) is 6.04 Å². The van der Waals surface area contributed by atoms with E-state index in [2.05, 4.69) is 38.1 Å². The van der Waals surface area contributed by atoms with Crippen LogP contribution in [0.4, 0.5) is 0 Å². The SMILES string of the molecule is CCc1ccc(CC2CCC(N)C2C)cc1. The highest BCUT2D eigenvalue weighted by Crippen LogP contribution is 2.33. The van der Waals surface area contributed by atoms with E-state index in [1.54, 1.807) is 0 Å². The van der Waals surface area contributed by atoms with E-state index in [9.17, 15) is 0 Å². The third-order valence-electron chi connectivity index (χ3n) is 4.22. The van der Waals surface area contributed by atoms with E-state index in [0.29, 0.717) is 12.0 Å². The molecule has 2 N–H and O–H groups in total. The lowest BCUT2D eigenvalue weighted by Gasteiger charge is -2.18. The topological polar surface area (TPSA) is 26.0 Å². The van der Waals surface area contributed by atoms with Gasteiger partial charge in [-0.15, -0.1) is 0 Å². The van der Waals surface area contributed by atoms with Crippen molar-refractivity contribution in [2.75, 3.05) is 0 Å². The zero-order chi connectivity index (χ0) is 11.5. The van der Waals surface area contributed by atoms with Gasteiger partial charge in [0.1, 0.15) is 0 Å². The lowest BCUT2D eigenvalue weighted by Crippen LogP contribution is -2.25. The van der Waals surface area contributed by atoms with Gasteiger partial charge >= 0.3 is 0 Å². The molecule has 1 nitrogen and oxygen atoms in total. The van der Waals surface area contributed by atoms with Crippen LogP contribution in [0.3, 0.4) is 0 Å². The maximum Gasteiger partial charge on any atom is 0.00673 e. The molecular weight excluding hydrogens is 194 g/mol. The molecule has 1 aliphatic carbocycles. The van der Waals surface area contributed by atoms with Crippen molar-refractivity contribution in [3.8, 4) is 0 Å². The van der Waals surface area contributed by atoms with Crippen LogP contribution in [-0.4, -0.2) is 6.04 Å². The average molecular weight is 217 g/mol. The number of hydrogen-bond acceptors (Lipinski definition) is 1. The molecule has 1 fully saturated rings. The van der Waals surface area contributed by atoms with Gasteiger partial charge in [0.25, 0.3) is 0 Å². The van der Waals surface area contributed by atoms with Crippen LogP contribution >= 0.6 is 0 Å². The molecule has 0 radical (unpaired) electrons. The molecule has 88 valence electrons. The van der Waals surface area contributed by atoms with Gasteiger partial charge in [-0.1, -0.05) is 38.1 Å². The van der Waals surface area contributed by atoms with Gasteiger partial charge in [-0.05, 0) is 48.6 Å². The van der Waals surface area contributed by atoms with Crippen molar-refractivity contribution in [1.82, 2.24) is 0 Å². The van der Waals surface area contributed by atoms with E-state index in [1.165, 1.54) is 30.4 Å². The smallest absolute Gasteiger partial charge is 0.00673 e. The lowest BCUT2D eigenvalue weighted by atomic mass is 9.89. The van der Waals surface area contributed by atoms with Crippen LogP contribution in [0, 0.1) is 11.8 Å². The molecule has 2 rings (SSSR count). The van der Waals surface area contributed by atoms with Gasteiger partial charge in [-0.3, -0.25) is 0 Å².